The van der Waals surface area contributed by atoms with Crippen LogP contribution in [0.1, 0.15) is 31.8 Å². The Hall–Kier alpha value is -3.54. The van der Waals surface area contributed by atoms with E-state index in [1.54, 1.807) is 54.9 Å². The smallest absolute Gasteiger partial charge is 0.251 e. The Morgan fingerprint density at radius 1 is 0.815 bits per heavy atom. The standard InChI is InChI=1S/C21H18FN3O2/c22-19-8-6-15(7-9-19)13-24-20(26)17-4-1-5-18(11-17)21(27)25-14-16-3-2-10-23-12-16/h1-12H,13-14H2,(H,24,26)(H,25,27). The number of carbonyl (C=O) groups excluding carboxylic acids is 2. The molecule has 0 saturated carbocycles. The molecule has 6 heteroatoms. The van der Waals surface area contributed by atoms with E-state index in [4.69, 9.17) is 0 Å². The van der Waals surface area contributed by atoms with Gasteiger partial charge in [0.15, 0.2) is 0 Å². The monoisotopic (exact) mass is 363 g/mol. The molecule has 2 aromatic carbocycles. The molecule has 3 aromatic rings. The molecule has 2 N–H and O–H groups in total. The Morgan fingerprint density at radius 3 is 2.04 bits per heavy atom. The summed E-state index contributed by atoms with van der Waals surface area (Å²) in [5, 5.41) is 5.56. The van der Waals surface area contributed by atoms with Gasteiger partial charge in [-0.1, -0.05) is 24.3 Å². The van der Waals surface area contributed by atoms with Crippen LogP contribution >= 0.6 is 0 Å². The zero-order chi connectivity index (χ0) is 19.1. The average Bonchev–Trinajstić information content (AvgIpc) is 2.72. The number of hydrogen-bond acceptors (Lipinski definition) is 3. The first-order valence-electron chi connectivity index (χ1n) is 8.41. The Kier molecular flexibility index (Phi) is 5.89. The van der Waals surface area contributed by atoms with E-state index in [9.17, 15) is 14.0 Å². The number of hydrogen-bond donors (Lipinski definition) is 2. The van der Waals surface area contributed by atoms with E-state index in [1.165, 1.54) is 12.1 Å². The molecule has 0 saturated heterocycles. The topological polar surface area (TPSA) is 71.1 Å². The van der Waals surface area contributed by atoms with Crippen molar-refractivity contribution < 1.29 is 14.0 Å². The van der Waals surface area contributed by atoms with Crippen molar-refractivity contribution in [3.63, 3.8) is 0 Å². The fraction of sp³-hybridized carbons (Fsp3) is 0.0952. The maximum Gasteiger partial charge on any atom is 0.251 e. The molecule has 136 valence electrons. The summed E-state index contributed by atoms with van der Waals surface area (Å²) in [6.07, 6.45) is 3.35. The van der Waals surface area contributed by atoms with E-state index >= 15 is 0 Å². The number of amides is 2. The lowest BCUT2D eigenvalue weighted by Gasteiger charge is -2.08. The molecule has 3 rings (SSSR count). The van der Waals surface area contributed by atoms with Crippen LogP contribution in [-0.4, -0.2) is 16.8 Å². The normalized spacial score (nSPS) is 10.3. The van der Waals surface area contributed by atoms with E-state index in [2.05, 4.69) is 15.6 Å². The molecule has 0 fully saturated rings. The molecule has 1 aromatic heterocycles. The highest BCUT2D eigenvalue weighted by molar-refractivity contribution is 5.99. The van der Waals surface area contributed by atoms with Crippen molar-refractivity contribution in [3.8, 4) is 0 Å². The molecule has 0 aliphatic heterocycles. The Bertz CT molecular complexity index is 928. The van der Waals surface area contributed by atoms with E-state index in [0.29, 0.717) is 17.7 Å². The van der Waals surface area contributed by atoms with Crippen LogP contribution in [0.15, 0.2) is 73.1 Å². The quantitative estimate of drug-likeness (QED) is 0.707. The highest BCUT2D eigenvalue weighted by atomic mass is 19.1. The zero-order valence-corrected chi connectivity index (χ0v) is 14.5. The minimum atomic E-state index is -0.324. The summed E-state index contributed by atoms with van der Waals surface area (Å²) in [5.74, 6) is -0.900. The van der Waals surface area contributed by atoms with Crippen molar-refractivity contribution in [1.29, 1.82) is 0 Å². The van der Waals surface area contributed by atoms with Crippen molar-refractivity contribution in [2.75, 3.05) is 0 Å². The summed E-state index contributed by atoms with van der Waals surface area (Å²) >= 11 is 0. The van der Waals surface area contributed by atoms with Crippen LogP contribution in [0.4, 0.5) is 4.39 Å². The van der Waals surface area contributed by atoms with Gasteiger partial charge in [-0.2, -0.15) is 0 Å². The van der Waals surface area contributed by atoms with Gasteiger partial charge in [-0.15, -0.1) is 0 Å². The lowest BCUT2D eigenvalue weighted by atomic mass is 10.1. The molecule has 0 aliphatic rings. The van der Waals surface area contributed by atoms with E-state index in [0.717, 1.165) is 11.1 Å². The van der Waals surface area contributed by atoms with E-state index < -0.39 is 0 Å². The third-order valence-electron chi connectivity index (χ3n) is 3.93. The van der Waals surface area contributed by atoms with Crippen LogP contribution in [0.25, 0.3) is 0 Å². The number of nitrogens with one attached hydrogen (secondary N) is 2. The van der Waals surface area contributed by atoms with Crippen LogP contribution < -0.4 is 10.6 Å². The van der Waals surface area contributed by atoms with Crippen molar-refractivity contribution in [2.45, 2.75) is 13.1 Å². The van der Waals surface area contributed by atoms with Gasteiger partial charge in [0.05, 0.1) is 0 Å². The van der Waals surface area contributed by atoms with Crippen LogP contribution in [-0.2, 0) is 13.1 Å². The van der Waals surface area contributed by atoms with Crippen molar-refractivity contribution >= 4 is 11.8 Å². The average molecular weight is 363 g/mol. The first-order chi connectivity index (χ1) is 13.1. The number of halogens is 1. The highest BCUT2D eigenvalue weighted by Crippen LogP contribution is 2.08. The Morgan fingerprint density at radius 2 is 1.44 bits per heavy atom. The fourth-order valence-electron chi connectivity index (χ4n) is 2.48. The van der Waals surface area contributed by atoms with Gasteiger partial charge in [0.25, 0.3) is 11.8 Å². The predicted octanol–water partition coefficient (Wildman–Crippen LogP) is 3.08. The summed E-state index contributed by atoms with van der Waals surface area (Å²) < 4.78 is 12.9. The molecule has 27 heavy (non-hydrogen) atoms. The van der Waals surface area contributed by atoms with Gasteiger partial charge in [0, 0.05) is 36.6 Å². The molecule has 0 aliphatic carbocycles. The molecule has 2 amide bonds. The molecular weight excluding hydrogens is 345 g/mol. The SMILES string of the molecule is O=C(NCc1ccc(F)cc1)c1cccc(C(=O)NCc2cccnc2)c1. The lowest BCUT2D eigenvalue weighted by Crippen LogP contribution is -2.25. The van der Waals surface area contributed by atoms with Crippen LogP contribution in [0.3, 0.4) is 0 Å². The van der Waals surface area contributed by atoms with E-state index in [1.807, 2.05) is 6.07 Å². The number of aromatic nitrogens is 1. The zero-order valence-electron chi connectivity index (χ0n) is 14.5. The predicted molar refractivity (Wildman–Crippen MR) is 99.4 cm³/mol. The number of rotatable bonds is 6. The molecular formula is C21H18FN3O2. The second kappa shape index (κ2) is 8.71. The minimum Gasteiger partial charge on any atom is -0.348 e. The van der Waals surface area contributed by atoms with Crippen LogP contribution in [0.2, 0.25) is 0 Å². The molecule has 0 unspecified atom stereocenters. The lowest BCUT2D eigenvalue weighted by molar-refractivity contribution is 0.0950. The summed E-state index contributed by atoms with van der Waals surface area (Å²) in [4.78, 5) is 28.6. The van der Waals surface area contributed by atoms with Gasteiger partial charge in [-0.05, 0) is 47.5 Å². The molecule has 5 nitrogen and oxygen atoms in total. The van der Waals surface area contributed by atoms with E-state index in [-0.39, 0.29) is 24.2 Å². The van der Waals surface area contributed by atoms with Gasteiger partial charge in [-0.25, -0.2) is 4.39 Å². The van der Waals surface area contributed by atoms with Gasteiger partial charge < -0.3 is 10.6 Å². The maximum absolute atomic E-state index is 12.9. The first-order valence-corrected chi connectivity index (χ1v) is 8.41. The largest absolute Gasteiger partial charge is 0.348 e. The molecule has 0 atom stereocenters. The van der Waals surface area contributed by atoms with Gasteiger partial charge in [0.1, 0.15) is 5.82 Å². The molecule has 0 spiro atoms. The highest BCUT2D eigenvalue weighted by Gasteiger charge is 2.10. The fourth-order valence-corrected chi connectivity index (χ4v) is 2.48. The Balaban J connectivity index is 1.59. The molecule has 0 bridgehead atoms. The number of nitrogens with zero attached hydrogens (tertiary/aromatic N) is 1. The molecule has 1 heterocycles. The second-order valence-electron chi connectivity index (χ2n) is 5.93. The third-order valence-corrected chi connectivity index (χ3v) is 3.93. The maximum atomic E-state index is 12.9. The van der Waals surface area contributed by atoms with Gasteiger partial charge in [0.2, 0.25) is 0 Å². The number of carbonyl (C=O) groups is 2. The second-order valence-corrected chi connectivity index (χ2v) is 5.93. The summed E-state index contributed by atoms with van der Waals surface area (Å²) in [6, 6.07) is 16.1. The third kappa shape index (κ3) is 5.22. The summed E-state index contributed by atoms with van der Waals surface area (Å²) in [5.41, 5.74) is 2.45. The Labute approximate surface area is 156 Å². The number of benzene rings is 2. The first kappa shape index (κ1) is 18.3. The molecule has 0 radical (unpaired) electrons. The van der Waals surface area contributed by atoms with Crippen LogP contribution in [0.5, 0.6) is 0 Å². The van der Waals surface area contributed by atoms with Gasteiger partial charge >= 0.3 is 0 Å². The minimum absolute atomic E-state index is 0.271. The summed E-state index contributed by atoms with van der Waals surface area (Å²) in [7, 11) is 0. The van der Waals surface area contributed by atoms with Crippen LogP contribution in [0, 0.1) is 5.82 Å². The van der Waals surface area contributed by atoms with Crippen molar-refractivity contribution in [2.24, 2.45) is 0 Å². The van der Waals surface area contributed by atoms with Gasteiger partial charge in [-0.3, -0.25) is 14.6 Å². The van der Waals surface area contributed by atoms with Crippen molar-refractivity contribution in [3.05, 3.63) is 101 Å². The number of pyridine rings is 1. The van der Waals surface area contributed by atoms with Crippen molar-refractivity contribution in [1.82, 2.24) is 15.6 Å². The summed E-state index contributed by atoms with van der Waals surface area (Å²) in [6.45, 7) is 0.629.